The number of phosphoric acid groups is 1. The van der Waals surface area contributed by atoms with Gasteiger partial charge in [0.25, 0.3) is 0 Å². The van der Waals surface area contributed by atoms with Crippen LogP contribution in [-0.4, -0.2) is 74.3 Å². The van der Waals surface area contributed by atoms with Crippen LogP contribution in [0.25, 0.3) is 0 Å². The number of carbonyl (C=O) groups excluding carboxylic acids is 2. The lowest BCUT2D eigenvalue weighted by Crippen LogP contribution is -2.47. The fourth-order valence-corrected chi connectivity index (χ4v) is 10.0. The Balaban J connectivity index is 5.24. The third-order valence-corrected chi connectivity index (χ3v) is 15.4. The normalized spacial score (nSPS) is 14.1. The highest BCUT2D eigenvalue weighted by atomic mass is 31.2. The molecule has 10 heteroatoms. The second kappa shape index (κ2) is 57.7. The topological polar surface area (TPSA) is 111 Å². The number of unbranched alkanes of at least 4 members (excludes halogenated alkanes) is 33. The number of allylic oxidation sites excluding steroid dienone is 11. The molecule has 78 heavy (non-hydrogen) atoms. The summed E-state index contributed by atoms with van der Waals surface area (Å²) in [5, 5.41) is 3.06. The first-order chi connectivity index (χ1) is 37.9. The van der Waals surface area contributed by atoms with E-state index in [1.807, 2.05) is 33.3 Å². The zero-order valence-corrected chi connectivity index (χ0v) is 52.8. The Morgan fingerprint density at radius 3 is 1.21 bits per heavy atom. The van der Waals surface area contributed by atoms with Crippen LogP contribution in [0.3, 0.4) is 0 Å². The highest BCUT2D eigenvalue weighted by Crippen LogP contribution is 2.43. The summed E-state index contributed by atoms with van der Waals surface area (Å²) in [4.78, 5) is 37.8. The molecule has 1 amide bonds. The molecule has 0 aliphatic heterocycles. The van der Waals surface area contributed by atoms with Gasteiger partial charge in [-0.15, -0.1) is 0 Å². The van der Waals surface area contributed by atoms with Crippen molar-refractivity contribution in [2.75, 3.05) is 40.9 Å². The van der Waals surface area contributed by atoms with E-state index >= 15 is 0 Å². The van der Waals surface area contributed by atoms with Gasteiger partial charge >= 0.3 is 13.8 Å². The van der Waals surface area contributed by atoms with Crippen LogP contribution >= 0.6 is 7.82 Å². The number of hydrogen-bond acceptors (Lipinski definition) is 6. The molecule has 0 aromatic carbocycles. The number of quaternary nitrogens is 1. The van der Waals surface area contributed by atoms with Crippen LogP contribution in [0, 0.1) is 0 Å². The number of amides is 1. The van der Waals surface area contributed by atoms with Gasteiger partial charge in [0.15, 0.2) is 0 Å². The number of carbonyl (C=O) groups is 2. The van der Waals surface area contributed by atoms with Gasteiger partial charge in [-0.3, -0.25) is 18.6 Å². The highest BCUT2D eigenvalue weighted by Gasteiger charge is 2.30. The van der Waals surface area contributed by atoms with E-state index in [2.05, 4.69) is 86.8 Å². The minimum atomic E-state index is -4.46. The van der Waals surface area contributed by atoms with Crippen LogP contribution in [0.1, 0.15) is 297 Å². The summed E-state index contributed by atoms with van der Waals surface area (Å²) in [6.07, 6.45) is 74.7. The molecule has 0 aliphatic carbocycles. The van der Waals surface area contributed by atoms with Crippen LogP contribution in [-0.2, 0) is 27.9 Å². The molecule has 0 saturated heterocycles. The van der Waals surface area contributed by atoms with Crippen molar-refractivity contribution in [3.05, 3.63) is 72.9 Å². The molecule has 0 aromatic rings. The van der Waals surface area contributed by atoms with Crippen molar-refractivity contribution in [1.29, 1.82) is 0 Å². The molecule has 0 radical (unpaired) electrons. The van der Waals surface area contributed by atoms with E-state index < -0.39 is 20.0 Å². The molecule has 9 nitrogen and oxygen atoms in total. The predicted octanol–water partition coefficient (Wildman–Crippen LogP) is 20.4. The van der Waals surface area contributed by atoms with Crippen LogP contribution in [0.2, 0.25) is 0 Å². The second-order valence-electron chi connectivity index (χ2n) is 23.3. The Morgan fingerprint density at radius 1 is 0.449 bits per heavy atom. The fraction of sp³-hybridized carbons (Fsp3) is 0.794. The third-order valence-electron chi connectivity index (χ3n) is 14.4. The van der Waals surface area contributed by atoms with Crippen molar-refractivity contribution in [2.45, 2.75) is 309 Å². The summed E-state index contributed by atoms with van der Waals surface area (Å²) in [6, 6.07) is -0.860. The summed E-state index contributed by atoms with van der Waals surface area (Å²) in [6.45, 7) is 6.98. The predicted molar refractivity (Wildman–Crippen MR) is 337 cm³/mol. The van der Waals surface area contributed by atoms with Gasteiger partial charge in [-0.25, -0.2) is 4.57 Å². The van der Waals surface area contributed by atoms with Crippen molar-refractivity contribution < 1.29 is 37.3 Å². The number of rotatable bonds is 59. The Morgan fingerprint density at radius 2 is 0.782 bits per heavy atom. The Labute approximate surface area is 483 Å². The van der Waals surface area contributed by atoms with Crippen LogP contribution < -0.4 is 5.32 Å². The average molecular weight is 1110 g/mol. The van der Waals surface area contributed by atoms with Crippen LogP contribution in [0.4, 0.5) is 0 Å². The SMILES string of the molecule is CCCCC/C=C\C/C=C\C/C=C\C/C=C\CCCCCCCC(=O)OC(/C=C/CCCCCCCCCCCC)C(COP(=O)(O)OCC[N+](C)(C)C)NC(=O)CCCCCCCCCCC/C=C/CCCCCCCC. The number of ether oxygens (including phenoxy) is 1. The summed E-state index contributed by atoms with van der Waals surface area (Å²) < 4.78 is 30.7. The molecule has 0 fully saturated rings. The van der Waals surface area contributed by atoms with Gasteiger partial charge in [0.05, 0.1) is 33.8 Å². The van der Waals surface area contributed by atoms with Gasteiger partial charge in [-0.1, -0.05) is 255 Å². The minimum absolute atomic E-state index is 0.0347. The van der Waals surface area contributed by atoms with E-state index in [1.54, 1.807) is 0 Å². The van der Waals surface area contributed by atoms with Crippen molar-refractivity contribution in [3.63, 3.8) is 0 Å². The smallest absolute Gasteiger partial charge is 0.456 e. The van der Waals surface area contributed by atoms with Gasteiger partial charge in [0, 0.05) is 12.8 Å². The number of esters is 1. The zero-order valence-electron chi connectivity index (χ0n) is 51.9. The first-order valence-electron chi connectivity index (χ1n) is 32.8. The minimum Gasteiger partial charge on any atom is -0.456 e. The fourth-order valence-electron chi connectivity index (χ4n) is 9.27. The maximum absolute atomic E-state index is 13.6. The molecule has 0 aliphatic rings. The van der Waals surface area contributed by atoms with Crippen molar-refractivity contribution in [1.82, 2.24) is 5.32 Å². The van der Waals surface area contributed by atoms with E-state index in [0.717, 1.165) is 89.9 Å². The molecule has 0 bridgehead atoms. The van der Waals surface area contributed by atoms with Gasteiger partial charge in [0.1, 0.15) is 19.3 Å². The molecule has 0 rings (SSSR count). The molecule has 3 unspecified atom stereocenters. The van der Waals surface area contributed by atoms with Gasteiger partial charge < -0.3 is 19.4 Å². The summed E-state index contributed by atoms with van der Waals surface area (Å²) in [5.74, 6) is -0.524. The molecule has 2 N–H and O–H groups in total. The van der Waals surface area contributed by atoms with E-state index in [1.165, 1.54) is 167 Å². The molecule has 3 atom stereocenters. The lowest BCUT2D eigenvalue weighted by atomic mass is 10.0. The summed E-state index contributed by atoms with van der Waals surface area (Å²) in [5.41, 5.74) is 0. The van der Waals surface area contributed by atoms with E-state index in [4.69, 9.17) is 13.8 Å². The number of nitrogens with zero attached hydrogens (tertiary/aromatic N) is 1. The molecule has 0 aromatic heterocycles. The lowest BCUT2D eigenvalue weighted by Gasteiger charge is -2.27. The lowest BCUT2D eigenvalue weighted by molar-refractivity contribution is -0.870. The van der Waals surface area contributed by atoms with Gasteiger partial charge in [-0.05, 0) is 102 Å². The standard InChI is InChI=1S/C68H125N2O7P/c1-7-10-13-16-19-22-25-28-30-32-34-35-37-39-41-43-46-49-52-55-58-61-68(72)77-66(59-56-53-50-47-44-27-24-21-18-15-12-9-3)65(64-76-78(73,74)75-63-62-70(4,5)6)69-67(71)60-57-54-51-48-45-42-40-38-36-33-31-29-26-23-20-17-14-11-8-2/h19,22,28-31,34-35,39,41,56,59,65-66H,7-18,20-21,23-27,32-33,36-38,40,42-55,57-58,60-64H2,1-6H3,(H-,69,71,73,74)/p+1/b22-19-,30-28-,31-29+,35-34-,41-39-,59-56+. The molecule has 0 saturated carbocycles. The van der Waals surface area contributed by atoms with Crippen LogP contribution in [0.15, 0.2) is 72.9 Å². The summed E-state index contributed by atoms with van der Waals surface area (Å²) >= 11 is 0. The monoisotopic (exact) mass is 1110 g/mol. The number of likely N-dealkylation sites (N-methyl/N-ethyl adjacent to an activating group) is 1. The van der Waals surface area contributed by atoms with Crippen molar-refractivity contribution in [2.24, 2.45) is 0 Å². The van der Waals surface area contributed by atoms with Gasteiger partial charge in [-0.2, -0.15) is 0 Å². The Hall–Kier alpha value is -2.55. The molecule has 0 heterocycles. The quantitative estimate of drug-likeness (QED) is 0.0205. The maximum Gasteiger partial charge on any atom is 0.472 e. The van der Waals surface area contributed by atoms with Crippen molar-refractivity contribution in [3.8, 4) is 0 Å². The molecular weight excluding hydrogens is 988 g/mol. The first-order valence-corrected chi connectivity index (χ1v) is 34.3. The highest BCUT2D eigenvalue weighted by molar-refractivity contribution is 7.47. The molecule has 0 spiro atoms. The number of nitrogens with one attached hydrogen (secondary N) is 1. The summed E-state index contributed by atoms with van der Waals surface area (Å²) in [7, 11) is 1.48. The largest absolute Gasteiger partial charge is 0.472 e. The maximum atomic E-state index is 13.6. The van der Waals surface area contributed by atoms with E-state index in [9.17, 15) is 19.0 Å². The second-order valence-corrected chi connectivity index (χ2v) is 24.7. The first kappa shape index (κ1) is 75.5. The number of hydrogen-bond donors (Lipinski definition) is 2. The van der Waals surface area contributed by atoms with Gasteiger partial charge in [0.2, 0.25) is 5.91 Å². The Bertz CT molecular complexity index is 1570. The molecule has 454 valence electrons. The molecular formula is C68H126N2O7P+. The third kappa shape index (κ3) is 58.1. The number of phosphoric ester groups is 1. The van der Waals surface area contributed by atoms with E-state index in [-0.39, 0.29) is 31.5 Å². The van der Waals surface area contributed by atoms with Crippen molar-refractivity contribution >= 4 is 19.7 Å². The van der Waals surface area contributed by atoms with E-state index in [0.29, 0.717) is 23.9 Å². The average Bonchev–Trinajstić information content (AvgIpc) is 3.40. The Kier molecular flexibility index (Phi) is 55.8. The zero-order chi connectivity index (χ0) is 57.2. The van der Waals surface area contributed by atoms with Crippen LogP contribution in [0.5, 0.6) is 0 Å².